The normalized spacial score (nSPS) is 18.4. The number of carbonyl (C=O) groups excluding carboxylic acids is 1. The molecule has 2 aliphatic heterocycles. The molecule has 2 aliphatic rings. The molecule has 0 spiro atoms. The lowest BCUT2D eigenvalue weighted by Gasteiger charge is -2.32. The van der Waals surface area contributed by atoms with E-state index in [1.807, 2.05) is 12.1 Å². The van der Waals surface area contributed by atoms with Crippen LogP contribution in [0.3, 0.4) is 0 Å². The van der Waals surface area contributed by atoms with Gasteiger partial charge in [-0.25, -0.2) is 8.42 Å². The van der Waals surface area contributed by atoms with Crippen molar-refractivity contribution in [2.75, 3.05) is 46.3 Å². The smallest absolute Gasteiger partial charge is 0.243 e. The molecule has 8 heteroatoms. The second kappa shape index (κ2) is 12.1. The van der Waals surface area contributed by atoms with E-state index < -0.39 is 10.0 Å². The minimum absolute atomic E-state index is 0.000476. The van der Waals surface area contributed by atoms with Crippen LogP contribution in [0.1, 0.15) is 42.4 Å². The van der Waals surface area contributed by atoms with Gasteiger partial charge in [-0.15, -0.1) is 0 Å². The first-order valence-electron chi connectivity index (χ1n) is 12.7. The molecule has 35 heavy (non-hydrogen) atoms. The number of piperidine rings is 1. The SMILES string of the molecule is CN1CCN(Cc2cccc(CNC(=O)CCc3ccc(S(=O)(=O)N4CCCCC4)cc3)c2)CC1. The lowest BCUT2D eigenvalue weighted by Crippen LogP contribution is -2.43. The standard InChI is InChI=1S/C27H38N4O3S/c1-29-16-18-30(19-17-29)22-25-7-5-6-24(20-25)21-28-27(32)13-10-23-8-11-26(12-9-23)35(33,34)31-14-3-2-4-15-31/h5-9,11-12,20H,2-4,10,13-19,21-22H2,1H3,(H,28,32). The third-order valence-electron chi connectivity index (χ3n) is 7.00. The quantitative estimate of drug-likeness (QED) is 0.576. The average Bonchev–Trinajstić information content (AvgIpc) is 2.88. The van der Waals surface area contributed by atoms with Crippen molar-refractivity contribution in [2.24, 2.45) is 0 Å². The maximum atomic E-state index is 12.8. The van der Waals surface area contributed by atoms with Gasteiger partial charge in [-0.2, -0.15) is 4.31 Å². The Bertz CT molecular complexity index is 1070. The van der Waals surface area contributed by atoms with E-state index in [4.69, 9.17) is 0 Å². The zero-order valence-electron chi connectivity index (χ0n) is 20.8. The number of rotatable bonds is 9. The van der Waals surface area contributed by atoms with Gasteiger partial charge >= 0.3 is 0 Å². The summed E-state index contributed by atoms with van der Waals surface area (Å²) in [7, 11) is -1.25. The van der Waals surface area contributed by atoms with Crippen LogP contribution < -0.4 is 5.32 Å². The molecule has 0 atom stereocenters. The third kappa shape index (κ3) is 7.36. The molecule has 1 amide bonds. The van der Waals surface area contributed by atoms with Gasteiger partial charge in [-0.3, -0.25) is 9.69 Å². The summed E-state index contributed by atoms with van der Waals surface area (Å²) in [5.74, 6) is -0.000476. The molecule has 190 valence electrons. The minimum Gasteiger partial charge on any atom is -0.352 e. The van der Waals surface area contributed by atoms with Gasteiger partial charge in [0.1, 0.15) is 0 Å². The highest BCUT2D eigenvalue weighted by molar-refractivity contribution is 7.89. The number of likely N-dealkylation sites (N-methyl/N-ethyl adjacent to an activating group) is 1. The third-order valence-corrected chi connectivity index (χ3v) is 8.91. The number of nitrogens with zero attached hydrogens (tertiary/aromatic N) is 3. The molecule has 2 aromatic carbocycles. The van der Waals surface area contributed by atoms with E-state index in [-0.39, 0.29) is 5.91 Å². The molecule has 2 heterocycles. The second-order valence-electron chi connectivity index (χ2n) is 9.78. The largest absolute Gasteiger partial charge is 0.352 e. The van der Waals surface area contributed by atoms with Crippen LogP contribution in [0, 0.1) is 0 Å². The van der Waals surface area contributed by atoms with Gasteiger partial charge in [-0.05, 0) is 55.1 Å². The highest BCUT2D eigenvalue weighted by Crippen LogP contribution is 2.21. The van der Waals surface area contributed by atoms with Gasteiger partial charge in [0.25, 0.3) is 0 Å². The molecule has 2 saturated heterocycles. The monoisotopic (exact) mass is 498 g/mol. The van der Waals surface area contributed by atoms with Gasteiger partial charge in [0.15, 0.2) is 0 Å². The van der Waals surface area contributed by atoms with Crippen molar-refractivity contribution < 1.29 is 13.2 Å². The Labute approximate surface area is 210 Å². The van der Waals surface area contributed by atoms with Crippen LogP contribution >= 0.6 is 0 Å². The first-order valence-corrected chi connectivity index (χ1v) is 14.2. The van der Waals surface area contributed by atoms with E-state index in [2.05, 4.69) is 46.4 Å². The van der Waals surface area contributed by atoms with Gasteiger partial charge < -0.3 is 10.2 Å². The summed E-state index contributed by atoms with van der Waals surface area (Å²) in [5, 5.41) is 3.02. The Morgan fingerprint density at radius 3 is 2.26 bits per heavy atom. The first-order chi connectivity index (χ1) is 16.9. The number of benzene rings is 2. The van der Waals surface area contributed by atoms with E-state index in [9.17, 15) is 13.2 Å². The topological polar surface area (TPSA) is 73.0 Å². The Balaban J connectivity index is 1.22. The predicted octanol–water partition coefficient (Wildman–Crippen LogP) is 2.86. The molecule has 0 radical (unpaired) electrons. The molecule has 2 aromatic rings. The number of hydrogen-bond donors (Lipinski definition) is 1. The van der Waals surface area contributed by atoms with Gasteiger partial charge in [-0.1, -0.05) is 42.8 Å². The number of aryl methyl sites for hydroxylation is 1. The summed E-state index contributed by atoms with van der Waals surface area (Å²) in [4.78, 5) is 17.6. The van der Waals surface area contributed by atoms with Crippen molar-refractivity contribution in [2.45, 2.75) is 50.1 Å². The molecule has 0 unspecified atom stereocenters. The highest BCUT2D eigenvalue weighted by atomic mass is 32.2. The average molecular weight is 499 g/mol. The summed E-state index contributed by atoms with van der Waals surface area (Å²) in [6, 6.07) is 15.4. The number of sulfonamides is 1. The maximum Gasteiger partial charge on any atom is 0.243 e. The zero-order valence-corrected chi connectivity index (χ0v) is 21.6. The Morgan fingerprint density at radius 1 is 0.857 bits per heavy atom. The summed E-state index contributed by atoms with van der Waals surface area (Å²) in [5.41, 5.74) is 3.35. The van der Waals surface area contributed by atoms with Gasteiger partial charge in [0.2, 0.25) is 15.9 Å². The van der Waals surface area contributed by atoms with E-state index in [0.29, 0.717) is 37.4 Å². The van der Waals surface area contributed by atoms with Crippen LogP contribution in [0.2, 0.25) is 0 Å². The number of hydrogen-bond acceptors (Lipinski definition) is 5. The first kappa shape index (κ1) is 25.8. The summed E-state index contributed by atoms with van der Waals surface area (Å²) >= 11 is 0. The summed E-state index contributed by atoms with van der Waals surface area (Å²) in [6.07, 6.45) is 3.90. The Hall–Kier alpha value is -2.26. The van der Waals surface area contributed by atoms with Crippen molar-refractivity contribution >= 4 is 15.9 Å². The number of carbonyl (C=O) groups is 1. The van der Waals surface area contributed by atoms with Crippen LogP contribution in [0.4, 0.5) is 0 Å². The molecule has 0 bridgehead atoms. The lowest BCUT2D eigenvalue weighted by molar-refractivity contribution is -0.121. The number of nitrogens with one attached hydrogen (secondary N) is 1. The Kier molecular flexibility index (Phi) is 8.94. The fraction of sp³-hybridized carbons (Fsp3) is 0.519. The maximum absolute atomic E-state index is 12.8. The van der Waals surface area contributed by atoms with Crippen molar-refractivity contribution in [3.63, 3.8) is 0 Å². The molecule has 0 aliphatic carbocycles. The molecule has 4 rings (SSSR count). The summed E-state index contributed by atoms with van der Waals surface area (Å²) in [6.45, 7) is 7.04. The fourth-order valence-corrected chi connectivity index (χ4v) is 6.25. The molecular formula is C27H38N4O3S. The van der Waals surface area contributed by atoms with Crippen molar-refractivity contribution in [1.29, 1.82) is 0 Å². The molecular weight excluding hydrogens is 460 g/mol. The van der Waals surface area contributed by atoms with Crippen LogP contribution in [0.25, 0.3) is 0 Å². The number of amides is 1. The summed E-state index contributed by atoms with van der Waals surface area (Å²) < 4.78 is 27.2. The van der Waals surface area contributed by atoms with Crippen molar-refractivity contribution in [3.05, 3.63) is 65.2 Å². The van der Waals surface area contributed by atoms with Gasteiger partial charge in [0.05, 0.1) is 4.90 Å². The lowest BCUT2D eigenvalue weighted by atomic mass is 10.1. The van der Waals surface area contributed by atoms with Crippen LogP contribution in [0.15, 0.2) is 53.4 Å². The molecule has 0 aromatic heterocycles. The number of piperazine rings is 1. The minimum atomic E-state index is -3.42. The second-order valence-corrected chi connectivity index (χ2v) is 11.7. The van der Waals surface area contributed by atoms with Crippen LogP contribution in [-0.4, -0.2) is 74.7 Å². The van der Waals surface area contributed by atoms with E-state index in [1.54, 1.807) is 16.4 Å². The molecule has 0 saturated carbocycles. The molecule has 7 nitrogen and oxygen atoms in total. The van der Waals surface area contributed by atoms with E-state index >= 15 is 0 Å². The highest BCUT2D eigenvalue weighted by Gasteiger charge is 2.25. The van der Waals surface area contributed by atoms with Crippen molar-refractivity contribution in [1.82, 2.24) is 19.4 Å². The van der Waals surface area contributed by atoms with E-state index in [0.717, 1.165) is 63.1 Å². The zero-order chi connectivity index (χ0) is 24.7. The van der Waals surface area contributed by atoms with Crippen LogP contribution in [0.5, 0.6) is 0 Å². The molecule has 2 fully saturated rings. The van der Waals surface area contributed by atoms with Crippen molar-refractivity contribution in [3.8, 4) is 0 Å². The predicted molar refractivity (Wildman–Crippen MR) is 138 cm³/mol. The Morgan fingerprint density at radius 2 is 1.54 bits per heavy atom. The van der Waals surface area contributed by atoms with E-state index in [1.165, 1.54) is 5.56 Å². The van der Waals surface area contributed by atoms with Crippen LogP contribution in [-0.2, 0) is 34.3 Å². The fourth-order valence-electron chi connectivity index (χ4n) is 4.73. The molecule has 1 N–H and O–H groups in total. The van der Waals surface area contributed by atoms with Gasteiger partial charge in [0, 0.05) is 58.8 Å².